The van der Waals surface area contributed by atoms with Gasteiger partial charge in [0.25, 0.3) is 0 Å². The molecule has 0 bridgehead atoms. The molecule has 0 radical (unpaired) electrons. The highest BCUT2D eigenvalue weighted by Gasteiger charge is 2.16. The molecule has 1 atom stereocenters. The lowest BCUT2D eigenvalue weighted by Gasteiger charge is -2.11. The fraction of sp³-hybridized carbons (Fsp3) is 0.118. The lowest BCUT2D eigenvalue weighted by atomic mass is 9.93. The molecule has 0 aromatic heterocycles. The number of aliphatic hydroxyl groups excluding tert-OH is 1. The van der Waals surface area contributed by atoms with E-state index in [1.807, 2.05) is 0 Å². The van der Waals surface area contributed by atoms with Gasteiger partial charge < -0.3 is 15.3 Å². The Labute approximate surface area is 122 Å². The third-order valence-corrected chi connectivity index (χ3v) is 3.13. The van der Waals surface area contributed by atoms with Crippen LogP contribution in [0.5, 0.6) is 11.5 Å². The Morgan fingerprint density at radius 3 is 2.00 bits per heavy atom. The summed E-state index contributed by atoms with van der Waals surface area (Å²) in [7, 11) is 0. The van der Waals surface area contributed by atoms with Gasteiger partial charge in [-0.2, -0.15) is 0 Å². The van der Waals surface area contributed by atoms with Gasteiger partial charge in [0.15, 0.2) is 5.78 Å². The number of allylic oxidation sites excluding steroid dienone is 1. The van der Waals surface area contributed by atoms with Gasteiger partial charge in [-0.15, -0.1) is 0 Å². The number of ketones is 1. The summed E-state index contributed by atoms with van der Waals surface area (Å²) in [6.45, 7) is -0.550. The molecule has 21 heavy (non-hydrogen) atoms. The van der Waals surface area contributed by atoms with Crippen LogP contribution in [-0.2, 0) is 4.79 Å². The van der Waals surface area contributed by atoms with E-state index in [1.165, 1.54) is 12.1 Å². The summed E-state index contributed by atoms with van der Waals surface area (Å²) in [6, 6.07) is 12.9. The van der Waals surface area contributed by atoms with Crippen molar-refractivity contribution in [2.75, 3.05) is 6.61 Å². The number of aromatic hydroxyl groups is 2. The minimum Gasteiger partial charge on any atom is -0.508 e. The van der Waals surface area contributed by atoms with Crippen LogP contribution in [0.2, 0.25) is 0 Å². The van der Waals surface area contributed by atoms with Crippen molar-refractivity contribution in [1.29, 1.82) is 0 Å². The van der Waals surface area contributed by atoms with E-state index in [0.717, 1.165) is 5.56 Å². The van der Waals surface area contributed by atoms with Gasteiger partial charge in [0.2, 0.25) is 0 Å². The number of carbonyl (C=O) groups excluding carboxylic acids is 1. The maximum Gasteiger partial charge on any atom is 0.169 e. The number of carbonyl (C=O) groups is 1. The van der Waals surface area contributed by atoms with Crippen LogP contribution < -0.4 is 0 Å². The molecule has 0 saturated heterocycles. The van der Waals surface area contributed by atoms with Crippen LogP contribution in [-0.4, -0.2) is 27.7 Å². The Balaban J connectivity index is 2.26. The molecular formula is C17H16O4. The van der Waals surface area contributed by atoms with E-state index in [9.17, 15) is 15.0 Å². The number of phenolic OH excluding ortho intramolecular Hbond substituents is 2. The second-order valence-corrected chi connectivity index (χ2v) is 4.64. The maximum atomic E-state index is 11.9. The molecule has 4 nitrogen and oxygen atoms in total. The topological polar surface area (TPSA) is 77.8 Å². The van der Waals surface area contributed by atoms with Gasteiger partial charge in [0.05, 0.1) is 5.92 Å². The molecule has 0 saturated carbocycles. The summed E-state index contributed by atoms with van der Waals surface area (Å²) in [4.78, 5) is 11.9. The van der Waals surface area contributed by atoms with Crippen LogP contribution in [0, 0.1) is 0 Å². The van der Waals surface area contributed by atoms with Gasteiger partial charge in [-0.05, 0) is 35.4 Å². The second kappa shape index (κ2) is 6.72. The van der Waals surface area contributed by atoms with Gasteiger partial charge in [-0.1, -0.05) is 36.4 Å². The number of rotatable bonds is 5. The standard InChI is InChI=1S/C17H16O4/c18-11-17(21)16(13-4-8-15(20)9-5-13)10-3-12-1-6-14(19)7-2-12/h1-10,16,18-20H,11H2/t16-/m0/s1. The molecule has 0 heterocycles. The predicted octanol–water partition coefficient (Wildman–Crippen LogP) is 2.46. The van der Waals surface area contributed by atoms with E-state index in [1.54, 1.807) is 48.6 Å². The van der Waals surface area contributed by atoms with Gasteiger partial charge in [0, 0.05) is 0 Å². The molecule has 0 aliphatic rings. The van der Waals surface area contributed by atoms with Crippen LogP contribution in [0.3, 0.4) is 0 Å². The van der Waals surface area contributed by atoms with E-state index in [0.29, 0.717) is 5.56 Å². The van der Waals surface area contributed by atoms with Crippen molar-refractivity contribution >= 4 is 11.9 Å². The first-order chi connectivity index (χ1) is 10.1. The van der Waals surface area contributed by atoms with Crippen molar-refractivity contribution in [3.8, 4) is 11.5 Å². The summed E-state index contributed by atoms with van der Waals surface area (Å²) >= 11 is 0. The molecule has 0 aliphatic carbocycles. The minimum absolute atomic E-state index is 0.122. The molecule has 0 aliphatic heterocycles. The number of phenols is 2. The van der Waals surface area contributed by atoms with E-state index in [4.69, 9.17) is 5.11 Å². The Morgan fingerprint density at radius 2 is 1.48 bits per heavy atom. The smallest absolute Gasteiger partial charge is 0.169 e. The lowest BCUT2D eigenvalue weighted by Crippen LogP contribution is -2.14. The molecule has 108 valence electrons. The summed E-state index contributed by atoms with van der Waals surface area (Å²) in [6.07, 6.45) is 3.45. The van der Waals surface area contributed by atoms with Gasteiger partial charge >= 0.3 is 0 Å². The number of benzene rings is 2. The summed E-state index contributed by atoms with van der Waals surface area (Å²) in [5.41, 5.74) is 1.53. The first kappa shape index (κ1) is 14.8. The summed E-state index contributed by atoms with van der Waals surface area (Å²) < 4.78 is 0. The molecule has 3 N–H and O–H groups in total. The number of Topliss-reactive ketones (excluding diaryl/α,β-unsaturated/α-hetero) is 1. The minimum atomic E-state index is -0.579. The van der Waals surface area contributed by atoms with Gasteiger partial charge in [0.1, 0.15) is 18.1 Å². The average Bonchev–Trinajstić information content (AvgIpc) is 2.50. The van der Waals surface area contributed by atoms with Crippen LogP contribution >= 0.6 is 0 Å². The summed E-state index contributed by atoms with van der Waals surface area (Å²) in [5.74, 6) is -0.606. The van der Waals surface area contributed by atoms with E-state index in [-0.39, 0.29) is 17.3 Å². The predicted molar refractivity (Wildman–Crippen MR) is 80.1 cm³/mol. The molecule has 2 aromatic rings. The van der Waals surface area contributed by atoms with Gasteiger partial charge in [-0.25, -0.2) is 0 Å². The van der Waals surface area contributed by atoms with E-state index < -0.39 is 12.5 Å². The van der Waals surface area contributed by atoms with Crippen molar-refractivity contribution in [2.45, 2.75) is 5.92 Å². The molecule has 0 unspecified atom stereocenters. The first-order valence-electron chi connectivity index (χ1n) is 6.50. The first-order valence-corrected chi connectivity index (χ1v) is 6.50. The third-order valence-electron chi connectivity index (χ3n) is 3.13. The zero-order valence-corrected chi connectivity index (χ0v) is 11.3. The zero-order valence-electron chi connectivity index (χ0n) is 11.3. The Hall–Kier alpha value is -2.59. The zero-order chi connectivity index (χ0) is 15.2. The normalized spacial score (nSPS) is 12.4. The lowest BCUT2D eigenvalue weighted by molar-refractivity contribution is -0.122. The largest absolute Gasteiger partial charge is 0.508 e. The summed E-state index contributed by atoms with van der Waals surface area (Å²) in [5, 5.41) is 27.6. The highest BCUT2D eigenvalue weighted by molar-refractivity contribution is 5.89. The molecule has 0 fully saturated rings. The van der Waals surface area contributed by atoms with Crippen molar-refractivity contribution in [3.63, 3.8) is 0 Å². The van der Waals surface area contributed by atoms with Crippen LogP contribution in [0.15, 0.2) is 54.6 Å². The number of hydrogen-bond acceptors (Lipinski definition) is 4. The Morgan fingerprint density at radius 1 is 0.952 bits per heavy atom. The van der Waals surface area contributed by atoms with Crippen molar-refractivity contribution in [2.24, 2.45) is 0 Å². The number of hydrogen-bond donors (Lipinski definition) is 3. The molecule has 2 aromatic carbocycles. The molecule has 2 rings (SSSR count). The SMILES string of the molecule is O=C(CO)[C@@H](C=Cc1ccc(O)cc1)c1ccc(O)cc1. The molecule has 0 spiro atoms. The fourth-order valence-electron chi connectivity index (χ4n) is 1.98. The Kier molecular flexibility index (Phi) is 4.74. The maximum absolute atomic E-state index is 11.9. The Bertz CT molecular complexity index is 627. The van der Waals surface area contributed by atoms with Crippen LogP contribution in [0.25, 0.3) is 6.08 Å². The van der Waals surface area contributed by atoms with Crippen LogP contribution in [0.4, 0.5) is 0 Å². The third kappa shape index (κ3) is 3.94. The quantitative estimate of drug-likeness (QED) is 0.788. The van der Waals surface area contributed by atoms with Crippen molar-refractivity contribution in [3.05, 3.63) is 65.7 Å². The molecule has 0 amide bonds. The fourth-order valence-corrected chi connectivity index (χ4v) is 1.98. The van der Waals surface area contributed by atoms with E-state index in [2.05, 4.69) is 0 Å². The van der Waals surface area contributed by atoms with E-state index >= 15 is 0 Å². The molecule has 4 heteroatoms. The highest BCUT2D eigenvalue weighted by atomic mass is 16.3. The molecular weight excluding hydrogens is 268 g/mol. The highest BCUT2D eigenvalue weighted by Crippen LogP contribution is 2.22. The average molecular weight is 284 g/mol. The van der Waals surface area contributed by atoms with Crippen LogP contribution in [0.1, 0.15) is 17.0 Å². The van der Waals surface area contributed by atoms with Crippen molar-refractivity contribution in [1.82, 2.24) is 0 Å². The van der Waals surface area contributed by atoms with Crippen molar-refractivity contribution < 1.29 is 20.1 Å². The van der Waals surface area contributed by atoms with Gasteiger partial charge in [-0.3, -0.25) is 4.79 Å². The number of aliphatic hydroxyl groups is 1. The second-order valence-electron chi connectivity index (χ2n) is 4.64. The monoisotopic (exact) mass is 284 g/mol.